The lowest BCUT2D eigenvalue weighted by Gasteiger charge is -2.35. The molecule has 2 heterocycles. The van der Waals surface area contributed by atoms with Gasteiger partial charge in [0.2, 0.25) is 0 Å². The van der Waals surface area contributed by atoms with Crippen LogP contribution in [0.5, 0.6) is 0 Å². The number of aliphatic imine (C=N–C) groups is 1. The van der Waals surface area contributed by atoms with Crippen LogP contribution in [0.4, 0.5) is 0 Å². The maximum atomic E-state index is 5.95. The van der Waals surface area contributed by atoms with E-state index in [0.717, 1.165) is 31.2 Å². The predicted octanol–water partition coefficient (Wildman–Crippen LogP) is 2.10. The SMILES string of the molecule is CN=C(NCC1(c2ccccc2)CC1)N1CCOC(c2cnn(C)c2)C1. The Bertz CT molecular complexity index is 766. The second-order valence-electron chi connectivity index (χ2n) is 7.30. The lowest BCUT2D eigenvalue weighted by Crippen LogP contribution is -2.49. The van der Waals surface area contributed by atoms with E-state index in [4.69, 9.17) is 4.74 Å². The van der Waals surface area contributed by atoms with Crippen LogP contribution in [0.1, 0.15) is 30.1 Å². The van der Waals surface area contributed by atoms with E-state index in [-0.39, 0.29) is 11.5 Å². The fraction of sp³-hybridized carbons (Fsp3) is 0.500. The zero-order valence-corrected chi connectivity index (χ0v) is 15.6. The maximum Gasteiger partial charge on any atom is 0.193 e. The Labute approximate surface area is 154 Å². The summed E-state index contributed by atoms with van der Waals surface area (Å²) in [5, 5.41) is 7.88. The average Bonchev–Trinajstić information content (AvgIpc) is 3.36. The van der Waals surface area contributed by atoms with Crippen LogP contribution in [0.2, 0.25) is 0 Å². The van der Waals surface area contributed by atoms with E-state index >= 15 is 0 Å². The van der Waals surface area contributed by atoms with Crippen LogP contribution in [0.3, 0.4) is 0 Å². The second kappa shape index (κ2) is 7.11. The monoisotopic (exact) mass is 353 g/mol. The summed E-state index contributed by atoms with van der Waals surface area (Å²) in [6.07, 6.45) is 6.43. The summed E-state index contributed by atoms with van der Waals surface area (Å²) < 4.78 is 7.77. The molecule has 1 atom stereocenters. The van der Waals surface area contributed by atoms with Crippen molar-refractivity contribution in [1.29, 1.82) is 0 Å². The number of rotatable bonds is 4. The quantitative estimate of drug-likeness (QED) is 0.676. The van der Waals surface area contributed by atoms with Gasteiger partial charge in [-0.1, -0.05) is 30.3 Å². The van der Waals surface area contributed by atoms with Crippen LogP contribution < -0.4 is 5.32 Å². The molecule has 1 saturated carbocycles. The molecule has 0 amide bonds. The van der Waals surface area contributed by atoms with Gasteiger partial charge in [-0.25, -0.2) is 0 Å². The second-order valence-corrected chi connectivity index (χ2v) is 7.30. The number of hydrogen-bond donors (Lipinski definition) is 1. The predicted molar refractivity (Wildman–Crippen MR) is 102 cm³/mol. The summed E-state index contributed by atoms with van der Waals surface area (Å²) in [6, 6.07) is 10.8. The molecule has 1 aromatic carbocycles. The molecule has 2 fully saturated rings. The molecule has 1 unspecified atom stereocenters. The molecule has 0 spiro atoms. The van der Waals surface area contributed by atoms with Crippen molar-refractivity contribution in [2.75, 3.05) is 33.3 Å². The first-order valence-electron chi connectivity index (χ1n) is 9.31. The molecule has 6 heteroatoms. The largest absolute Gasteiger partial charge is 0.370 e. The molecule has 2 aliphatic rings. The molecule has 2 aromatic rings. The Balaban J connectivity index is 1.40. The lowest BCUT2D eigenvalue weighted by molar-refractivity contribution is -0.00805. The molecule has 138 valence electrons. The van der Waals surface area contributed by atoms with E-state index < -0.39 is 0 Å². The molecule has 0 bridgehead atoms. The van der Waals surface area contributed by atoms with Crippen molar-refractivity contribution in [2.45, 2.75) is 24.4 Å². The van der Waals surface area contributed by atoms with E-state index in [1.54, 1.807) is 0 Å². The average molecular weight is 353 g/mol. The van der Waals surface area contributed by atoms with Gasteiger partial charge in [-0.15, -0.1) is 0 Å². The van der Waals surface area contributed by atoms with Crippen LogP contribution in [-0.4, -0.2) is 53.9 Å². The molecule has 26 heavy (non-hydrogen) atoms. The van der Waals surface area contributed by atoms with Crippen molar-refractivity contribution >= 4 is 5.96 Å². The van der Waals surface area contributed by atoms with Crippen LogP contribution in [0, 0.1) is 0 Å². The smallest absolute Gasteiger partial charge is 0.193 e. The molecule has 1 N–H and O–H groups in total. The van der Waals surface area contributed by atoms with Crippen molar-refractivity contribution in [3.8, 4) is 0 Å². The zero-order valence-electron chi connectivity index (χ0n) is 15.6. The fourth-order valence-electron chi connectivity index (χ4n) is 3.74. The van der Waals surface area contributed by atoms with Crippen LogP contribution in [-0.2, 0) is 17.2 Å². The van der Waals surface area contributed by atoms with E-state index in [0.29, 0.717) is 6.61 Å². The lowest BCUT2D eigenvalue weighted by atomic mass is 9.96. The van der Waals surface area contributed by atoms with Crippen molar-refractivity contribution in [3.05, 3.63) is 53.9 Å². The number of morpholine rings is 1. The van der Waals surface area contributed by atoms with Gasteiger partial charge in [0.05, 0.1) is 19.3 Å². The first-order chi connectivity index (χ1) is 12.7. The van der Waals surface area contributed by atoms with E-state index in [9.17, 15) is 0 Å². The number of aryl methyl sites for hydroxylation is 1. The number of aromatic nitrogens is 2. The van der Waals surface area contributed by atoms with Gasteiger partial charge in [0.1, 0.15) is 6.10 Å². The van der Waals surface area contributed by atoms with Crippen LogP contribution in [0.25, 0.3) is 0 Å². The Morgan fingerprint density at radius 1 is 1.35 bits per heavy atom. The third-order valence-corrected chi connectivity index (χ3v) is 5.50. The highest BCUT2D eigenvalue weighted by Gasteiger charge is 2.44. The molecule has 1 aliphatic carbocycles. The number of guanidine groups is 1. The number of nitrogens with zero attached hydrogens (tertiary/aromatic N) is 4. The van der Waals surface area contributed by atoms with Crippen molar-refractivity contribution in [3.63, 3.8) is 0 Å². The fourth-order valence-corrected chi connectivity index (χ4v) is 3.74. The van der Waals surface area contributed by atoms with Crippen molar-refractivity contribution in [1.82, 2.24) is 20.0 Å². The minimum absolute atomic E-state index is 0.0417. The number of hydrogen-bond acceptors (Lipinski definition) is 3. The van der Waals surface area contributed by atoms with Gasteiger partial charge in [-0.3, -0.25) is 9.67 Å². The molecule has 1 aliphatic heterocycles. The summed E-state index contributed by atoms with van der Waals surface area (Å²) in [4.78, 5) is 6.82. The van der Waals surface area contributed by atoms with Gasteiger partial charge < -0.3 is 15.0 Å². The zero-order chi connectivity index (χ0) is 18.0. The standard InChI is InChI=1S/C20H27N5O/c1-21-19(22-15-20(8-9-20)17-6-4-3-5-7-17)25-10-11-26-18(14-25)16-12-23-24(2)13-16/h3-7,12-13,18H,8-11,14-15H2,1-2H3,(H,21,22). The van der Waals surface area contributed by atoms with Gasteiger partial charge in [0, 0.05) is 44.4 Å². The van der Waals surface area contributed by atoms with E-state index in [1.807, 2.05) is 31.2 Å². The van der Waals surface area contributed by atoms with Gasteiger partial charge >= 0.3 is 0 Å². The Kier molecular flexibility index (Phi) is 4.68. The van der Waals surface area contributed by atoms with Crippen molar-refractivity contribution < 1.29 is 4.74 Å². The summed E-state index contributed by atoms with van der Waals surface area (Å²) in [5.74, 6) is 0.962. The highest BCUT2D eigenvalue weighted by Crippen LogP contribution is 2.47. The normalized spacial score (nSPS) is 22.3. The molecular formula is C20H27N5O. The Morgan fingerprint density at radius 2 is 2.15 bits per heavy atom. The first kappa shape index (κ1) is 17.1. The minimum atomic E-state index is 0.0417. The number of ether oxygens (including phenoxy) is 1. The summed E-state index contributed by atoms with van der Waals surface area (Å²) in [5.41, 5.74) is 2.82. The Hall–Kier alpha value is -2.34. The molecule has 4 rings (SSSR count). The highest BCUT2D eigenvalue weighted by atomic mass is 16.5. The summed E-state index contributed by atoms with van der Waals surface area (Å²) in [6.45, 7) is 3.28. The maximum absolute atomic E-state index is 5.95. The molecular weight excluding hydrogens is 326 g/mol. The molecule has 1 saturated heterocycles. The van der Waals surface area contributed by atoms with Gasteiger partial charge in [0.25, 0.3) is 0 Å². The molecule has 6 nitrogen and oxygen atoms in total. The topological polar surface area (TPSA) is 54.7 Å². The van der Waals surface area contributed by atoms with Crippen molar-refractivity contribution in [2.24, 2.45) is 12.0 Å². The molecule has 1 aromatic heterocycles. The highest BCUT2D eigenvalue weighted by molar-refractivity contribution is 5.80. The number of benzene rings is 1. The van der Waals surface area contributed by atoms with Gasteiger partial charge in [-0.2, -0.15) is 5.10 Å². The Morgan fingerprint density at radius 3 is 2.81 bits per heavy atom. The van der Waals surface area contributed by atoms with Crippen LogP contribution in [0.15, 0.2) is 47.7 Å². The van der Waals surface area contributed by atoms with Gasteiger partial charge in [0.15, 0.2) is 5.96 Å². The number of nitrogens with one attached hydrogen (secondary N) is 1. The third kappa shape index (κ3) is 3.46. The van der Waals surface area contributed by atoms with E-state index in [2.05, 4.69) is 50.6 Å². The minimum Gasteiger partial charge on any atom is -0.370 e. The third-order valence-electron chi connectivity index (χ3n) is 5.50. The van der Waals surface area contributed by atoms with Gasteiger partial charge in [-0.05, 0) is 18.4 Å². The van der Waals surface area contributed by atoms with E-state index in [1.165, 1.54) is 18.4 Å². The summed E-state index contributed by atoms with van der Waals surface area (Å²) in [7, 11) is 3.79. The van der Waals surface area contributed by atoms with Crippen LogP contribution >= 0.6 is 0 Å². The molecule has 0 radical (unpaired) electrons. The summed E-state index contributed by atoms with van der Waals surface area (Å²) >= 11 is 0. The first-order valence-corrected chi connectivity index (χ1v) is 9.31.